The molecule has 0 radical (unpaired) electrons. The van der Waals surface area contributed by atoms with Crippen molar-refractivity contribution >= 4 is 11.4 Å². The van der Waals surface area contributed by atoms with Crippen molar-refractivity contribution in [2.45, 2.75) is 26.2 Å². The summed E-state index contributed by atoms with van der Waals surface area (Å²) < 4.78 is 5.20. The molecular weight excluding hydrogens is 212 g/mol. The number of rotatable bonds is 4. The minimum Gasteiger partial charge on any atom is -0.497 e. The Hall–Kier alpha value is -1.38. The second-order valence-corrected chi connectivity index (χ2v) is 5.16. The van der Waals surface area contributed by atoms with Gasteiger partial charge in [-0.3, -0.25) is 0 Å². The van der Waals surface area contributed by atoms with Crippen molar-refractivity contribution in [3.8, 4) is 5.75 Å². The largest absolute Gasteiger partial charge is 0.497 e. The molecule has 0 heterocycles. The van der Waals surface area contributed by atoms with Crippen molar-refractivity contribution in [3.63, 3.8) is 0 Å². The van der Waals surface area contributed by atoms with Gasteiger partial charge in [-0.1, -0.05) is 13.3 Å². The number of ether oxygens (including phenoxy) is 1. The van der Waals surface area contributed by atoms with E-state index in [4.69, 9.17) is 10.5 Å². The van der Waals surface area contributed by atoms with Crippen LogP contribution in [0.4, 0.5) is 11.4 Å². The van der Waals surface area contributed by atoms with Gasteiger partial charge in [-0.25, -0.2) is 0 Å². The van der Waals surface area contributed by atoms with E-state index in [1.54, 1.807) is 7.11 Å². The van der Waals surface area contributed by atoms with Crippen LogP contribution in [0.3, 0.4) is 0 Å². The van der Waals surface area contributed by atoms with Crippen molar-refractivity contribution in [1.29, 1.82) is 0 Å². The fraction of sp³-hybridized carbons (Fsp3) is 0.571. The standard InChI is InChI=1S/C14H22N2O/c1-10-3-4-11(5-10)9-16-13-6-12(15)7-14(8-13)17-2/h6-8,10-11,16H,3-5,9,15H2,1-2H3. The van der Waals surface area contributed by atoms with Gasteiger partial charge in [0.25, 0.3) is 0 Å². The molecule has 2 unspecified atom stereocenters. The molecule has 0 aliphatic heterocycles. The Balaban J connectivity index is 1.92. The highest BCUT2D eigenvalue weighted by atomic mass is 16.5. The quantitative estimate of drug-likeness (QED) is 0.787. The average molecular weight is 234 g/mol. The van der Waals surface area contributed by atoms with Crippen LogP contribution >= 0.6 is 0 Å². The monoisotopic (exact) mass is 234 g/mol. The fourth-order valence-electron chi connectivity index (χ4n) is 2.61. The lowest BCUT2D eigenvalue weighted by Crippen LogP contribution is -2.11. The van der Waals surface area contributed by atoms with Gasteiger partial charge in [-0.2, -0.15) is 0 Å². The zero-order chi connectivity index (χ0) is 12.3. The number of anilines is 2. The van der Waals surface area contributed by atoms with Gasteiger partial charge in [0, 0.05) is 30.1 Å². The van der Waals surface area contributed by atoms with Crippen LogP contribution < -0.4 is 15.8 Å². The van der Waals surface area contributed by atoms with E-state index in [0.717, 1.165) is 35.5 Å². The summed E-state index contributed by atoms with van der Waals surface area (Å²) in [7, 11) is 1.66. The SMILES string of the molecule is COc1cc(N)cc(NCC2CCC(C)C2)c1. The van der Waals surface area contributed by atoms with Crippen LogP contribution in [0.1, 0.15) is 26.2 Å². The fourth-order valence-corrected chi connectivity index (χ4v) is 2.61. The first-order chi connectivity index (χ1) is 8.17. The van der Waals surface area contributed by atoms with Gasteiger partial charge in [-0.05, 0) is 30.7 Å². The predicted molar refractivity (Wildman–Crippen MR) is 72.4 cm³/mol. The molecule has 1 aliphatic rings. The van der Waals surface area contributed by atoms with E-state index in [1.807, 2.05) is 18.2 Å². The van der Waals surface area contributed by atoms with E-state index in [1.165, 1.54) is 19.3 Å². The first-order valence-electron chi connectivity index (χ1n) is 6.36. The number of nitrogens with one attached hydrogen (secondary N) is 1. The number of hydrogen-bond acceptors (Lipinski definition) is 3. The van der Waals surface area contributed by atoms with E-state index in [0.29, 0.717) is 0 Å². The van der Waals surface area contributed by atoms with Crippen molar-refractivity contribution in [2.75, 3.05) is 24.7 Å². The first-order valence-corrected chi connectivity index (χ1v) is 6.36. The molecule has 3 N–H and O–H groups in total. The van der Waals surface area contributed by atoms with Crippen LogP contribution in [0.15, 0.2) is 18.2 Å². The second kappa shape index (κ2) is 5.30. The van der Waals surface area contributed by atoms with E-state index in [-0.39, 0.29) is 0 Å². The summed E-state index contributed by atoms with van der Waals surface area (Å²) in [5.41, 5.74) is 7.62. The predicted octanol–water partition coefficient (Wildman–Crippen LogP) is 3.13. The Morgan fingerprint density at radius 2 is 2.18 bits per heavy atom. The molecule has 1 aromatic rings. The molecule has 0 amide bonds. The smallest absolute Gasteiger partial charge is 0.122 e. The summed E-state index contributed by atoms with van der Waals surface area (Å²) in [4.78, 5) is 0. The van der Waals surface area contributed by atoms with Crippen LogP contribution in [0.2, 0.25) is 0 Å². The highest BCUT2D eigenvalue weighted by Crippen LogP contribution is 2.31. The summed E-state index contributed by atoms with van der Waals surface area (Å²) in [5.74, 6) is 2.50. The molecule has 94 valence electrons. The topological polar surface area (TPSA) is 47.3 Å². The van der Waals surface area contributed by atoms with Crippen LogP contribution in [0.25, 0.3) is 0 Å². The highest BCUT2D eigenvalue weighted by Gasteiger charge is 2.20. The summed E-state index contributed by atoms with van der Waals surface area (Å²) in [6.07, 6.45) is 4.05. The zero-order valence-electron chi connectivity index (χ0n) is 10.7. The maximum atomic E-state index is 5.82. The molecule has 1 fully saturated rings. The van der Waals surface area contributed by atoms with Crippen LogP contribution in [-0.4, -0.2) is 13.7 Å². The molecule has 1 aromatic carbocycles. The number of hydrogen-bond donors (Lipinski definition) is 2. The normalized spacial score (nSPS) is 23.6. The molecule has 2 rings (SSSR count). The molecule has 17 heavy (non-hydrogen) atoms. The van der Waals surface area contributed by atoms with Gasteiger partial charge in [0.2, 0.25) is 0 Å². The molecular formula is C14H22N2O. The molecule has 3 nitrogen and oxygen atoms in total. The van der Waals surface area contributed by atoms with Crippen LogP contribution in [0.5, 0.6) is 5.75 Å². The second-order valence-electron chi connectivity index (χ2n) is 5.16. The summed E-state index contributed by atoms with van der Waals surface area (Å²) in [6.45, 7) is 3.38. The van der Waals surface area contributed by atoms with Crippen LogP contribution in [0, 0.1) is 11.8 Å². The number of methoxy groups -OCH3 is 1. The molecule has 0 spiro atoms. The van der Waals surface area contributed by atoms with E-state index >= 15 is 0 Å². The molecule has 2 atom stereocenters. The maximum absolute atomic E-state index is 5.82. The number of nitrogens with two attached hydrogens (primary N) is 1. The minimum absolute atomic E-state index is 0.742. The maximum Gasteiger partial charge on any atom is 0.122 e. The molecule has 1 aliphatic carbocycles. The van der Waals surface area contributed by atoms with Crippen molar-refractivity contribution in [1.82, 2.24) is 0 Å². The van der Waals surface area contributed by atoms with Gasteiger partial charge in [0.15, 0.2) is 0 Å². The van der Waals surface area contributed by atoms with E-state index in [2.05, 4.69) is 12.2 Å². The summed E-state index contributed by atoms with van der Waals surface area (Å²) in [6, 6.07) is 5.79. The highest BCUT2D eigenvalue weighted by molar-refractivity contribution is 5.59. The summed E-state index contributed by atoms with van der Waals surface area (Å²) >= 11 is 0. The molecule has 0 bridgehead atoms. The third kappa shape index (κ3) is 3.29. The Morgan fingerprint density at radius 3 is 2.82 bits per heavy atom. The first kappa shape index (κ1) is 12.1. The van der Waals surface area contributed by atoms with Gasteiger partial charge in [0.05, 0.1) is 7.11 Å². The molecule has 3 heteroatoms. The molecule has 0 saturated heterocycles. The van der Waals surface area contributed by atoms with E-state index < -0.39 is 0 Å². The van der Waals surface area contributed by atoms with Gasteiger partial charge < -0.3 is 15.8 Å². The number of nitrogen functional groups attached to an aromatic ring is 1. The lowest BCUT2D eigenvalue weighted by Gasteiger charge is -2.13. The summed E-state index contributed by atoms with van der Waals surface area (Å²) in [5, 5.41) is 3.46. The Kier molecular flexibility index (Phi) is 3.77. The number of benzene rings is 1. The lowest BCUT2D eigenvalue weighted by atomic mass is 10.1. The lowest BCUT2D eigenvalue weighted by molar-refractivity contribution is 0.415. The average Bonchev–Trinajstić information content (AvgIpc) is 2.72. The molecule has 1 saturated carbocycles. The Labute approximate surface area is 103 Å². The van der Waals surface area contributed by atoms with Crippen molar-refractivity contribution < 1.29 is 4.74 Å². The van der Waals surface area contributed by atoms with Crippen molar-refractivity contribution in [3.05, 3.63) is 18.2 Å². The van der Waals surface area contributed by atoms with Crippen LogP contribution in [-0.2, 0) is 0 Å². The van der Waals surface area contributed by atoms with Gasteiger partial charge >= 0.3 is 0 Å². The van der Waals surface area contributed by atoms with Gasteiger partial charge in [-0.15, -0.1) is 0 Å². The van der Waals surface area contributed by atoms with E-state index in [9.17, 15) is 0 Å². The Bertz CT molecular complexity index is 378. The third-order valence-corrected chi connectivity index (χ3v) is 3.56. The zero-order valence-corrected chi connectivity index (χ0v) is 10.7. The minimum atomic E-state index is 0.742. The Morgan fingerprint density at radius 1 is 1.35 bits per heavy atom. The molecule has 0 aromatic heterocycles. The third-order valence-electron chi connectivity index (χ3n) is 3.56. The van der Waals surface area contributed by atoms with Gasteiger partial charge in [0.1, 0.15) is 5.75 Å². The van der Waals surface area contributed by atoms with Crippen molar-refractivity contribution in [2.24, 2.45) is 11.8 Å².